The monoisotopic (exact) mass is 302 g/mol. The lowest BCUT2D eigenvalue weighted by molar-refractivity contribution is 0.164. The van der Waals surface area contributed by atoms with Crippen LogP contribution in [0.4, 0.5) is 10.1 Å². The lowest BCUT2D eigenvalue weighted by Gasteiger charge is -2.30. The number of anilines is 1. The Kier molecular flexibility index (Phi) is 4.62. The lowest BCUT2D eigenvalue weighted by Crippen LogP contribution is -2.43. The highest BCUT2D eigenvalue weighted by molar-refractivity contribution is 7.89. The Hall–Kier alpha value is -1.18. The fourth-order valence-electron chi connectivity index (χ4n) is 2.58. The van der Waals surface area contributed by atoms with Gasteiger partial charge in [-0.3, -0.25) is 0 Å². The summed E-state index contributed by atoms with van der Waals surface area (Å²) in [5.74, 6) is -0.982. The molecule has 1 fully saturated rings. The maximum Gasteiger partial charge on any atom is 0.243 e. The summed E-state index contributed by atoms with van der Waals surface area (Å²) in [6.45, 7) is -0.0720. The van der Waals surface area contributed by atoms with Crippen LogP contribution in [0, 0.1) is 11.7 Å². The van der Waals surface area contributed by atoms with Gasteiger partial charge in [0, 0.05) is 18.3 Å². The van der Waals surface area contributed by atoms with Gasteiger partial charge in [-0.2, -0.15) is 0 Å². The summed E-state index contributed by atoms with van der Waals surface area (Å²) >= 11 is 0. The normalized spacial score (nSPS) is 23.7. The molecule has 1 aliphatic rings. The van der Waals surface area contributed by atoms with E-state index in [9.17, 15) is 17.9 Å². The lowest BCUT2D eigenvalue weighted by atomic mass is 9.86. The molecule has 0 bridgehead atoms. The molecule has 7 heteroatoms. The molecule has 0 radical (unpaired) electrons. The molecule has 0 spiro atoms. The maximum absolute atomic E-state index is 13.7. The third-order valence-corrected chi connectivity index (χ3v) is 5.22. The quantitative estimate of drug-likeness (QED) is 0.730. The number of hydrogen-bond donors (Lipinski definition) is 3. The molecule has 0 saturated heterocycles. The number of nitrogen functional groups attached to an aromatic ring is 1. The second kappa shape index (κ2) is 6.07. The predicted octanol–water partition coefficient (Wildman–Crippen LogP) is 1.24. The summed E-state index contributed by atoms with van der Waals surface area (Å²) < 4.78 is 40.7. The molecule has 1 aromatic carbocycles. The van der Waals surface area contributed by atoms with Gasteiger partial charge >= 0.3 is 0 Å². The standard InChI is InChI=1S/C13H19FN2O3S/c14-11-7-10(15)5-6-13(11)20(18,19)16-12-4-2-1-3-9(12)8-17/h5-7,9,12,16-17H,1-4,8,15H2. The largest absolute Gasteiger partial charge is 0.399 e. The van der Waals surface area contributed by atoms with E-state index in [0.29, 0.717) is 6.42 Å². The number of nitrogens with one attached hydrogen (secondary N) is 1. The molecule has 0 heterocycles. The summed E-state index contributed by atoms with van der Waals surface area (Å²) in [5, 5.41) is 9.29. The maximum atomic E-state index is 13.7. The number of sulfonamides is 1. The molecule has 0 aromatic heterocycles. The molecular weight excluding hydrogens is 283 g/mol. The van der Waals surface area contributed by atoms with E-state index in [0.717, 1.165) is 31.4 Å². The Labute approximate surface area is 118 Å². The smallest absolute Gasteiger partial charge is 0.243 e. The van der Waals surface area contributed by atoms with Crippen molar-refractivity contribution in [3.05, 3.63) is 24.0 Å². The van der Waals surface area contributed by atoms with Gasteiger partial charge in [-0.05, 0) is 37.0 Å². The van der Waals surface area contributed by atoms with Crippen molar-refractivity contribution in [1.29, 1.82) is 0 Å². The van der Waals surface area contributed by atoms with E-state index in [4.69, 9.17) is 5.73 Å². The van der Waals surface area contributed by atoms with Crippen molar-refractivity contribution in [3.63, 3.8) is 0 Å². The molecule has 112 valence electrons. The van der Waals surface area contributed by atoms with Crippen molar-refractivity contribution in [2.45, 2.75) is 36.6 Å². The minimum absolute atomic E-state index is 0.0720. The average Bonchev–Trinajstić information content (AvgIpc) is 2.38. The second-order valence-corrected chi connectivity index (χ2v) is 6.83. The van der Waals surface area contributed by atoms with Crippen molar-refractivity contribution in [3.8, 4) is 0 Å². The highest BCUT2D eigenvalue weighted by Gasteiger charge is 2.30. The fourth-order valence-corrected chi connectivity index (χ4v) is 3.98. The number of hydrogen-bond acceptors (Lipinski definition) is 4. The van der Waals surface area contributed by atoms with Crippen LogP contribution in [0.25, 0.3) is 0 Å². The molecule has 1 aliphatic carbocycles. The molecule has 20 heavy (non-hydrogen) atoms. The second-order valence-electron chi connectivity index (χ2n) is 5.14. The first-order chi connectivity index (χ1) is 9.44. The number of nitrogens with two attached hydrogens (primary N) is 1. The van der Waals surface area contributed by atoms with Gasteiger partial charge in [0.05, 0.1) is 0 Å². The first kappa shape index (κ1) is 15.2. The van der Waals surface area contributed by atoms with Crippen LogP contribution in [0.15, 0.2) is 23.1 Å². The molecule has 1 aromatic rings. The minimum Gasteiger partial charge on any atom is -0.399 e. The highest BCUT2D eigenvalue weighted by Crippen LogP contribution is 2.26. The van der Waals surface area contributed by atoms with Crippen molar-refractivity contribution in [2.24, 2.45) is 5.92 Å². The zero-order valence-electron chi connectivity index (χ0n) is 11.0. The number of aliphatic hydroxyl groups excluding tert-OH is 1. The molecule has 0 aliphatic heterocycles. The average molecular weight is 302 g/mol. The third kappa shape index (κ3) is 3.28. The van der Waals surface area contributed by atoms with Gasteiger partial charge in [-0.1, -0.05) is 12.8 Å². The summed E-state index contributed by atoms with van der Waals surface area (Å²) in [7, 11) is -3.94. The van der Waals surface area contributed by atoms with E-state index in [-0.39, 0.29) is 24.3 Å². The first-order valence-corrected chi connectivity index (χ1v) is 8.10. The summed E-state index contributed by atoms with van der Waals surface area (Å²) in [6, 6.07) is 3.14. The molecule has 5 nitrogen and oxygen atoms in total. The Bertz CT molecular complexity index is 577. The molecule has 2 atom stereocenters. The van der Waals surface area contributed by atoms with Crippen molar-refractivity contribution >= 4 is 15.7 Å². The van der Waals surface area contributed by atoms with Crippen LogP contribution in [-0.4, -0.2) is 26.2 Å². The number of halogens is 1. The molecule has 2 unspecified atom stereocenters. The highest BCUT2D eigenvalue weighted by atomic mass is 32.2. The van der Waals surface area contributed by atoms with Gasteiger partial charge in [-0.15, -0.1) is 0 Å². The molecule has 0 amide bonds. The van der Waals surface area contributed by atoms with Gasteiger partial charge in [0.15, 0.2) is 0 Å². The zero-order valence-corrected chi connectivity index (χ0v) is 11.9. The van der Waals surface area contributed by atoms with E-state index >= 15 is 0 Å². The van der Waals surface area contributed by atoms with Gasteiger partial charge in [0.25, 0.3) is 0 Å². The third-order valence-electron chi connectivity index (χ3n) is 3.70. The van der Waals surface area contributed by atoms with E-state index in [1.54, 1.807) is 0 Å². The van der Waals surface area contributed by atoms with Crippen LogP contribution < -0.4 is 10.5 Å². The van der Waals surface area contributed by atoms with Gasteiger partial charge in [0.1, 0.15) is 10.7 Å². The Morgan fingerprint density at radius 3 is 2.70 bits per heavy atom. The van der Waals surface area contributed by atoms with Crippen LogP contribution in [0.3, 0.4) is 0 Å². The predicted molar refractivity (Wildman–Crippen MR) is 74.0 cm³/mol. The van der Waals surface area contributed by atoms with Crippen LogP contribution in [0.5, 0.6) is 0 Å². The Morgan fingerprint density at radius 1 is 1.35 bits per heavy atom. The van der Waals surface area contributed by atoms with Crippen LogP contribution >= 0.6 is 0 Å². The summed E-state index contributed by atoms with van der Waals surface area (Å²) in [4.78, 5) is -0.408. The van der Waals surface area contributed by atoms with E-state index < -0.39 is 20.7 Å². The van der Waals surface area contributed by atoms with E-state index in [2.05, 4.69) is 4.72 Å². The number of aliphatic hydroxyl groups is 1. The van der Waals surface area contributed by atoms with Crippen molar-refractivity contribution < 1.29 is 17.9 Å². The van der Waals surface area contributed by atoms with Crippen LogP contribution in [0.2, 0.25) is 0 Å². The number of benzene rings is 1. The Morgan fingerprint density at radius 2 is 2.05 bits per heavy atom. The summed E-state index contributed by atoms with van der Waals surface area (Å²) in [6.07, 6.45) is 3.29. The molecule has 4 N–H and O–H groups in total. The van der Waals surface area contributed by atoms with Gasteiger partial charge in [0.2, 0.25) is 10.0 Å². The minimum atomic E-state index is -3.94. The van der Waals surface area contributed by atoms with Crippen molar-refractivity contribution in [1.82, 2.24) is 4.72 Å². The van der Waals surface area contributed by atoms with Gasteiger partial charge in [-0.25, -0.2) is 17.5 Å². The number of rotatable bonds is 4. The zero-order chi connectivity index (χ0) is 14.8. The fraction of sp³-hybridized carbons (Fsp3) is 0.538. The van der Waals surface area contributed by atoms with E-state index in [1.165, 1.54) is 6.07 Å². The summed E-state index contributed by atoms with van der Waals surface area (Å²) in [5.41, 5.74) is 5.58. The molecule has 1 saturated carbocycles. The van der Waals surface area contributed by atoms with Gasteiger partial charge < -0.3 is 10.8 Å². The molecular formula is C13H19FN2O3S. The molecule has 2 rings (SSSR count). The Balaban J connectivity index is 2.22. The van der Waals surface area contributed by atoms with Crippen LogP contribution in [0.1, 0.15) is 25.7 Å². The first-order valence-electron chi connectivity index (χ1n) is 6.62. The van der Waals surface area contributed by atoms with Crippen molar-refractivity contribution in [2.75, 3.05) is 12.3 Å². The SMILES string of the molecule is Nc1ccc(S(=O)(=O)NC2CCCCC2CO)c(F)c1. The van der Waals surface area contributed by atoms with E-state index in [1.807, 2.05) is 0 Å². The topological polar surface area (TPSA) is 92.4 Å². The van der Waals surface area contributed by atoms with Crippen LogP contribution in [-0.2, 0) is 10.0 Å².